The van der Waals surface area contributed by atoms with Gasteiger partial charge >= 0.3 is 5.97 Å². The van der Waals surface area contributed by atoms with Crippen molar-refractivity contribution in [2.24, 2.45) is 27.6 Å². The lowest BCUT2D eigenvalue weighted by atomic mass is 10.1. The fraction of sp³-hybridized carbons (Fsp3) is 0.316. The Morgan fingerprint density at radius 3 is 2.31 bits per heavy atom. The maximum Gasteiger partial charge on any atom is 0.328 e. The van der Waals surface area contributed by atoms with Crippen LogP contribution in [0.5, 0.6) is 5.75 Å². The van der Waals surface area contributed by atoms with Gasteiger partial charge in [-0.3, -0.25) is 4.79 Å². The number of aromatic nitrogens is 1. The van der Waals surface area contributed by atoms with E-state index in [-0.39, 0.29) is 34.9 Å². The molecule has 1 heterocycles. The molecule has 0 aliphatic rings. The van der Waals surface area contributed by atoms with Crippen LogP contribution in [-0.4, -0.2) is 28.9 Å². The molecule has 10 heteroatoms. The summed E-state index contributed by atoms with van der Waals surface area (Å²) < 4.78 is 5.35. The molecule has 0 saturated carbocycles. The number of azo groups is 1. The quantitative estimate of drug-likeness (QED) is 0.314. The largest absolute Gasteiger partial charge is 0.423 e. The van der Waals surface area contributed by atoms with Crippen molar-refractivity contribution in [2.45, 2.75) is 32.9 Å². The lowest BCUT2D eigenvalue weighted by Crippen LogP contribution is -2.38. The standard InChI is InChI=1S/C19H25N7O3/c1-10(2)16(21)19(28)29-14-7-5-4-6-12(14)25-26-13-8-9-15(23-17(13)22)24-18(27)11(3)20/h4-11,16H,20-21H2,1-3H3,(H3,22,23,24,27)/t11-,16?/m0/s1. The molecule has 0 fully saturated rings. The number of esters is 1. The van der Waals surface area contributed by atoms with E-state index < -0.39 is 18.1 Å². The first-order valence-electron chi connectivity index (χ1n) is 9.00. The highest BCUT2D eigenvalue weighted by molar-refractivity contribution is 5.93. The van der Waals surface area contributed by atoms with Crippen LogP contribution in [0.1, 0.15) is 20.8 Å². The molecule has 0 aliphatic carbocycles. The first-order chi connectivity index (χ1) is 13.7. The lowest BCUT2D eigenvalue weighted by molar-refractivity contribution is -0.136. The SMILES string of the molecule is CC(C)C(N)C(=O)Oc1ccccc1N=Nc1ccc(NC(=O)[C@H](C)N)nc1N. The molecule has 0 aliphatic heterocycles. The number of hydrogen-bond donors (Lipinski definition) is 4. The molecule has 0 spiro atoms. The molecule has 10 nitrogen and oxygen atoms in total. The highest BCUT2D eigenvalue weighted by Gasteiger charge is 2.20. The summed E-state index contributed by atoms with van der Waals surface area (Å²) in [6, 6.07) is 8.29. The molecule has 29 heavy (non-hydrogen) atoms. The van der Waals surface area contributed by atoms with E-state index in [0.717, 1.165) is 0 Å². The number of carbonyl (C=O) groups excluding carboxylic acids is 2. The van der Waals surface area contributed by atoms with Crippen LogP contribution in [0.4, 0.5) is 23.0 Å². The second kappa shape index (κ2) is 9.71. The van der Waals surface area contributed by atoms with Crippen LogP contribution in [0.25, 0.3) is 0 Å². The van der Waals surface area contributed by atoms with Crippen LogP contribution in [-0.2, 0) is 9.59 Å². The fourth-order valence-electron chi connectivity index (χ4n) is 2.04. The molecule has 2 aromatic rings. The number of benzene rings is 1. The summed E-state index contributed by atoms with van der Waals surface area (Å²) in [5, 5.41) is 10.7. The van der Waals surface area contributed by atoms with Crippen molar-refractivity contribution < 1.29 is 14.3 Å². The number of carbonyl (C=O) groups is 2. The van der Waals surface area contributed by atoms with Crippen LogP contribution in [0.15, 0.2) is 46.6 Å². The third-order valence-electron chi connectivity index (χ3n) is 3.90. The number of pyridine rings is 1. The number of amides is 1. The number of nitrogens with one attached hydrogen (secondary N) is 1. The topological polar surface area (TPSA) is 171 Å². The summed E-state index contributed by atoms with van der Waals surface area (Å²) in [5.41, 5.74) is 17.8. The number of ether oxygens (including phenoxy) is 1. The zero-order valence-electron chi connectivity index (χ0n) is 16.5. The third-order valence-corrected chi connectivity index (χ3v) is 3.90. The van der Waals surface area contributed by atoms with E-state index >= 15 is 0 Å². The lowest BCUT2D eigenvalue weighted by Gasteiger charge is -2.14. The fourth-order valence-corrected chi connectivity index (χ4v) is 2.04. The number of nitrogens with two attached hydrogens (primary N) is 3. The number of rotatable bonds is 7. The van der Waals surface area contributed by atoms with Crippen LogP contribution < -0.4 is 27.3 Å². The molecule has 0 saturated heterocycles. The van der Waals surface area contributed by atoms with Gasteiger partial charge < -0.3 is 27.3 Å². The van der Waals surface area contributed by atoms with E-state index in [2.05, 4.69) is 20.5 Å². The van der Waals surface area contributed by atoms with Crippen molar-refractivity contribution in [2.75, 3.05) is 11.1 Å². The van der Waals surface area contributed by atoms with Gasteiger partial charge in [-0.25, -0.2) is 9.78 Å². The Morgan fingerprint density at radius 2 is 1.69 bits per heavy atom. The number of hydrogen-bond acceptors (Lipinski definition) is 9. The van der Waals surface area contributed by atoms with Gasteiger partial charge in [0.25, 0.3) is 0 Å². The Morgan fingerprint density at radius 1 is 1.03 bits per heavy atom. The first kappa shape index (κ1) is 21.9. The summed E-state index contributed by atoms with van der Waals surface area (Å²) in [6.07, 6.45) is 0. The van der Waals surface area contributed by atoms with Gasteiger partial charge in [0.05, 0.1) is 6.04 Å². The Labute approximate surface area is 168 Å². The van der Waals surface area contributed by atoms with Crippen LogP contribution >= 0.6 is 0 Å². The highest BCUT2D eigenvalue weighted by Crippen LogP contribution is 2.31. The maximum absolute atomic E-state index is 12.1. The predicted molar refractivity (Wildman–Crippen MR) is 110 cm³/mol. The molecule has 1 aromatic heterocycles. The maximum atomic E-state index is 12.1. The number of anilines is 2. The molecule has 1 aromatic carbocycles. The zero-order valence-corrected chi connectivity index (χ0v) is 16.5. The van der Waals surface area contributed by atoms with Gasteiger partial charge in [0.15, 0.2) is 11.6 Å². The average Bonchev–Trinajstić information content (AvgIpc) is 2.67. The molecule has 1 unspecified atom stereocenters. The van der Waals surface area contributed by atoms with Crippen molar-refractivity contribution in [3.8, 4) is 5.75 Å². The molecular formula is C19H25N7O3. The van der Waals surface area contributed by atoms with Gasteiger partial charge in [0.1, 0.15) is 23.2 Å². The Kier molecular flexibility index (Phi) is 7.34. The normalized spacial score (nSPS) is 13.3. The van der Waals surface area contributed by atoms with Crippen LogP contribution in [0, 0.1) is 5.92 Å². The van der Waals surface area contributed by atoms with Gasteiger partial charge in [-0.05, 0) is 37.1 Å². The van der Waals surface area contributed by atoms with Crippen molar-refractivity contribution in [3.05, 3.63) is 36.4 Å². The van der Waals surface area contributed by atoms with E-state index in [1.54, 1.807) is 37.3 Å². The third kappa shape index (κ3) is 6.06. The van der Waals surface area contributed by atoms with E-state index in [1.807, 2.05) is 13.8 Å². The van der Waals surface area contributed by atoms with Gasteiger partial charge in [0.2, 0.25) is 5.91 Å². The Balaban J connectivity index is 2.18. The average molecular weight is 399 g/mol. The minimum atomic E-state index is -0.751. The second-order valence-corrected chi connectivity index (χ2v) is 6.74. The van der Waals surface area contributed by atoms with E-state index in [0.29, 0.717) is 5.69 Å². The number of nitrogens with zero attached hydrogens (tertiary/aromatic N) is 3. The summed E-state index contributed by atoms with van der Waals surface area (Å²) in [7, 11) is 0. The minimum absolute atomic E-state index is 0.0625. The van der Waals surface area contributed by atoms with Crippen molar-refractivity contribution in [3.63, 3.8) is 0 Å². The van der Waals surface area contributed by atoms with Gasteiger partial charge in [-0.1, -0.05) is 26.0 Å². The van der Waals surface area contributed by atoms with Crippen molar-refractivity contribution in [1.82, 2.24) is 4.98 Å². The zero-order chi connectivity index (χ0) is 21.6. The molecule has 2 rings (SSSR count). The smallest absolute Gasteiger partial charge is 0.328 e. The van der Waals surface area contributed by atoms with Crippen molar-refractivity contribution in [1.29, 1.82) is 0 Å². The van der Waals surface area contributed by atoms with Crippen LogP contribution in [0.2, 0.25) is 0 Å². The van der Waals surface area contributed by atoms with E-state index in [9.17, 15) is 9.59 Å². The van der Waals surface area contributed by atoms with Gasteiger partial charge in [-0.15, -0.1) is 10.2 Å². The van der Waals surface area contributed by atoms with Crippen molar-refractivity contribution >= 4 is 34.9 Å². The summed E-state index contributed by atoms with van der Waals surface area (Å²) in [6.45, 7) is 5.21. The predicted octanol–water partition coefficient (Wildman–Crippen LogP) is 2.25. The Hall–Kier alpha value is -3.37. The second-order valence-electron chi connectivity index (χ2n) is 6.74. The number of nitrogen functional groups attached to an aromatic ring is 1. The van der Waals surface area contributed by atoms with Crippen LogP contribution in [0.3, 0.4) is 0 Å². The summed E-state index contributed by atoms with van der Waals surface area (Å²) in [4.78, 5) is 27.8. The van der Waals surface area contributed by atoms with Gasteiger partial charge in [-0.2, -0.15) is 0 Å². The molecule has 154 valence electrons. The molecule has 0 bridgehead atoms. The summed E-state index contributed by atoms with van der Waals surface area (Å²) in [5.74, 6) is -0.471. The molecule has 1 amide bonds. The molecule has 0 radical (unpaired) electrons. The molecular weight excluding hydrogens is 374 g/mol. The monoisotopic (exact) mass is 399 g/mol. The van der Waals surface area contributed by atoms with E-state index in [1.165, 1.54) is 6.07 Å². The van der Waals surface area contributed by atoms with E-state index in [4.69, 9.17) is 21.9 Å². The first-order valence-corrected chi connectivity index (χ1v) is 9.00. The minimum Gasteiger partial charge on any atom is -0.423 e. The Bertz CT molecular complexity index is 912. The highest BCUT2D eigenvalue weighted by atomic mass is 16.5. The molecule has 2 atom stereocenters. The molecule has 7 N–H and O–H groups in total. The van der Waals surface area contributed by atoms with Gasteiger partial charge in [0, 0.05) is 0 Å². The summed E-state index contributed by atoms with van der Waals surface area (Å²) >= 11 is 0. The number of para-hydroxylation sites is 1.